The van der Waals surface area contributed by atoms with Gasteiger partial charge in [-0.05, 0) is 47.9 Å². The fourth-order valence-corrected chi connectivity index (χ4v) is 3.42. The molecular weight excluding hydrogens is 331 g/mol. The Balaban J connectivity index is 1.84. The number of rotatable bonds is 3. The van der Waals surface area contributed by atoms with Gasteiger partial charge in [0, 0.05) is 35.7 Å². The van der Waals surface area contributed by atoms with Crippen LogP contribution in [-0.4, -0.2) is 17.9 Å². The van der Waals surface area contributed by atoms with E-state index < -0.39 is 0 Å². The summed E-state index contributed by atoms with van der Waals surface area (Å²) in [5.41, 5.74) is 4.04. The molecule has 0 saturated carbocycles. The van der Waals surface area contributed by atoms with E-state index in [1.165, 1.54) is 11.1 Å². The summed E-state index contributed by atoms with van der Waals surface area (Å²) in [6.07, 6.45) is 0. The maximum atomic E-state index is 12.8. The third kappa shape index (κ3) is 3.23. The van der Waals surface area contributed by atoms with E-state index >= 15 is 0 Å². The Kier molecular flexibility index (Phi) is 4.62. The van der Waals surface area contributed by atoms with Crippen molar-refractivity contribution in [3.05, 3.63) is 68.7 Å². The Bertz CT molecular complexity index is 761. The van der Waals surface area contributed by atoms with E-state index in [4.69, 9.17) is 23.2 Å². The van der Waals surface area contributed by atoms with Crippen LogP contribution in [0.4, 0.5) is 0 Å². The molecule has 120 valence electrons. The Morgan fingerprint density at radius 1 is 1.13 bits per heavy atom. The third-order valence-electron chi connectivity index (χ3n) is 4.40. The number of fused-ring (bicyclic) bond motifs is 1. The third-order valence-corrected chi connectivity index (χ3v) is 4.96. The Morgan fingerprint density at radius 2 is 1.87 bits per heavy atom. The van der Waals surface area contributed by atoms with Crippen molar-refractivity contribution in [3.8, 4) is 0 Å². The molecule has 5 heteroatoms. The second kappa shape index (κ2) is 6.52. The average molecular weight is 349 g/mol. The zero-order chi connectivity index (χ0) is 16.6. The van der Waals surface area contributed by atoms with E-state index in [0.717, 1.165) is 18.7 Å². The van der Waals surface area contributed by atoms with E-state index in [-0.39, 0.29) is 11.9 Å². The van der Waals surface area contributed by atoms with Gasteiger partial charge in [0.2, 0.25) is 0 Å². The molecule has 2 aromatic carbocycles. The van der Waals surface area contributed by atoms with Gasteiger partial charge in [-0.3, -0.25) is 4.79 Å². The average Bonchev–Trinajstić information content (AvgIpc) is 3.00. The van der Waals surface area contributed by atoms with Gasteiger partial charge < -0.3 is 10.2 Å². The largest absolute Gasteiger partial charge is 0.335 e. The lowest BCUT2D eigenvalue weighted by Crippen LogP contribution is -2.30. The minimum Gasteiger partial charge on any atom is -0.335 e. The lowest BCUT2D eigenvalue weighted by atomic mass is 10.0. The summed E-state index contributed by atoms with van der Waals surface area (Å²) in [5, 5.41) is 4.45. The summed E-state index contributed by atoms with van der Waals surface area (Å²) >= 11 is 12.2. The van der Waals surface area contributed by atoms with Crippen molar-refractivity contribution in [2.45, 2.75) is 26.1 Å². The molecule has 2 aromatic rings. The van der Waals surface area contributed by atoms with Gasteiger partial charge in [-0.25, -0.2) is 0 Å². The van der Waals surface area contributed by atoms with Crippen LogP contribution in [0, 0.1) is 0 Å². The summed E-state index contributed by atoms with van der Waals surface area (Å²) in [7, 11) is 1.80. The molecule has 0 radical (unpaired) electrons. The molecule has 1 aliphatic rings. The molecule has 0 spiro atoms. The molecule has 3 nitrogen and oxygen atoms in total. The first-order chi connectivity index (χ1) is 11.0. The topological polar surface area (TPSA) is 32.3 Å². The molecule has 0 fully saturated rings. The van der Waals surface area contributed by atoms with Gasteiger partial charge in [-0.15, -0.1) is 0 Å². The van der Waals surface area contributed by atoms with E-state index in [0.29, 0.717) is 15.6 Å². The van der Waals surface area contributed by atoms with Crippen LogP contribution >= 0.6 is 23.2 Å². The van der Waals surface area contributed by atoms with Crippen molar-refractivity contribution in [2.24, 2.45) is 0 Å². The van der Waals surface area contributed by atoms with Gasteiger partial charge in [0.15, 0.2) is 0 Å². The van der Waals surface area contributed by atoms with E-state index in [9.17, 15) is 4.79 Å². The fraction of sp³-hybridized carbons (Fsp3) is 0.278. The van der Waals surface area contributed by atoms with Crippen molar-refractivity contribution in [3.63, 3.8) is 0 Å². The summed E-state index contributed by atoms with van der Waals surface area (Å²) in [4.78, 5) is 14.5. The smallest absolute Gasteiger partial charge is 0.254 e. The Hall–Kier alpha value is -1.55. The maximum Gasteiger partial charge on any atom is 0.254 e. The molecule has 1 N–H and O–H groups in total. The first-order valence-electron chi connectivity index (χ1n) is 7.52. The number of hydrogen-bond acceptors (Lipinski definition) is 2. The second-order valence-corrected chi connectivity index (χ2v) is 6.69. The summed E-state index contributed by atoms with van der Waals surface area (Å²) in [6, 6.07) is 11.1. The zero-order valence-corrected chi connectivity index (χ0v) is 14.6. The van der Waals surface area contributed by atoms with Crippen LogP contribution in [0.15, 0.2) is 36.4 Å². The highest BCUT2D eigenvalue weighted by Crippen LogP contribution is 2.30. The number of benzene rings is 2. The van der Waals surface area contributed by atoms with Crippen LogP contribution in [0.1, 0.15) is 40.0 Å². The molecule has 1 heterocycles. The molecule has 0 aromatic heterocycles. The minimum atomic E-state index is -0.140. The predicted molar refractivity (Wildman–Crippen MR) is 94.0 cm³/mol. The number of amides is 1. The Labute approximate surface area is 146 Å². The monoisotopic (exact) mass is 348 g/mol. The predicted octanol–water partition coefficient (Wildman–Crippen LogP) is 4.43. The van der Waals surface area contributed by atoms with Gasteiger partial charge in [0.1, 0.15) is 0 Å². The summed E-state index contributed by atoms with van der Waals surface area (Å²) in [6.45, 7) is 3.65. The molecule has 23 heavy (non-hydrogen) atoms. The number of nitrogens with one attached hydrogen (secondary N) is 1. The SMILES string of the molecule is CC(c1ccc(Cl)cc1Cl)N(C)C(=O)c1ccc2c(c1)CNC2. The van der Waals surface area contributed by atoms with Crippen LogP contribution in [0.5, 0.6) is 0 Å². The van der Waals surface area contributed by atoms with Crippen molar-refractivity contribution in [1.29, 1.82) is 0 Å². The van der Waals surface area contributed by atoms with Crippen molar-refractivity contribution >= 4 is 29.1 Å². The van der Waals surface area contributed by atoms with E-state index in [1.54, 1.807) is 24.1 Å². The summed E-state index contributed by atoms with van der Waals surface area (Å²) < 4.78 is 0. The van der Waals surface area contributed by atoms with Crippen LogP contribution < -0.4 is 5.32 Å². The number of carbonyl (C=O) groups is 1. The minimum absolute atomic E-state index is 0.0155. The number of carbonyl (C=O) groups excluding carboxylic acids is 1. The first-order valence-corrected chi connectivity index (χ1v) is 8.27. The molecule has 1 amide bonds. The molecule has 0 bridgehead atoms. The Morgan fingerprint density at radius 3 is 2.61 bits per heavy atom. The van der Waals surface area contributed by atoms with Gasteiger partial charge in [-0.1, -0.05) is 35.3 Å². The molecule has 1 unspecified atom stereocenters. The van der Waals surface area contributed by atoms with Gasteiger partial charge in [0.05, 0.1) is 6.04 Å². The standard InChI is InChI=1S/C18H18Cl2N2O/c1-11(16-6-5-15(19)8-17(16)20)22(2)18(23)12-3-4-13-9-21-10-14(13)7-12/h3-8,11,21H,9-10H2,1-2H3. The van der Waals surface area contributed by atoms with Crippen molar-refractivity contribution < 1.29 is 4.79 Å². The number of nitrogens with zero attached hydrogens (tertiary/aromatic N) is 1. The molecule has 1 aliphatic heterocycles. The maximum absolute atomic E-state index is 12.8. The number of halogens is 2. The van der Waals surface area contributed by atoms with Gasteiger partial charge in [0.25, 0.3) is 5.91 Å². The van der Waals surface area contributed by atoms with E-state index in [2.05, 4.69) is 5.32 Å². The molecular formula is C18H18Cl2N2O. The van der Waals surface area contributed by atoms with Crippen LogP contribution in [-0.2, 0) is 13.1 Å². The van der Waals surface area contributed by atoms with Crippen molar-refractivity contribution in [2.75, 3.05) is 7.05 Å². The first kappa shape index (κ1) is 16.3. The van der Waals surface area contributed by atoms with Crippen LogP contribution in [0.3, 0.4) is 0 Å². The summed E-state index contributed by atoms with van der Waals surface area (Å²) in [5.74, 6) is -0.0155. The van der Waals surface area contributed by atoms with Gasteiger partial charge in [-0.2, -0.15) is 0 Å². The quantitative estimate of drug-likeness (QED) is 0.889. The van der Waals surface area contributed by atoms with Crippen molar-refractivity contribution in [1.82, 2.24) is 10.2 Å². The van der Waals surface area contributed by atoms with Crippen LogP contribution in [0.2, 0.25) is 10.0 Å². The highest BCUT2D eigenvalue weighted by Gasteiger charge is 2.22. The van der Waals surface area contributed by atoms with Crippen LogP contribution in [0.25, 0.3) is 0 Å². The molecule has 1 atom stereocenters. The fourth-order valence-electron chi connectivity index (χ4n) is 2.86. The van der Waals surface area contributed by atoms with Gasteiger partial charge >= 0.3 is 0 Å². The second-order valence-electron chi connectivity index (χ2n) is 5.84. The molecule has 0 aliphatic carbocycles. The normalized spacial score (nSPS) is 14.4. The highest BCUT2D eigenvalue weighted by atomic mass is 35.5. The van der Waals surface area contributed by atoms with E-state index in [1.807, 2.05) is 31.2 Å². The molecule has 3 rings (SSSR count). The molecule has 0 saturated heterocycles. The lowest BCUT2D eigenvalue weighted by Gasteiger charge is -2.26. The zero-order valence-electron chi connectivity index (χ0n) is 13.1. The highest BCUT2D eigenvalue weighted by molar-refractivity contribution is 6.35. The lowest BCUT2D eigenvalue weighted by molar-refractivity contribution is 0.0742. The number of hydrogen-bond donors (Lipinski definition) is 1.